The summed E-state index contributed by atoms with van der Waals surface area (Å²) >= 11 is 0. The second-order valence-electron chi connectivity index (χ2n) is 7.19. The number of hydrogen-bond donors (Lipinski definition) is 0. The van der Waals surface area contributed by atoms with E-state index in [0.29, 0.717) is 24.3 Å². The minimum Gasteiger partial charge on any atom is -0.497 e. The lowest BCUT2D eigenvalue weighted by Crippen LogP contribution is -2.25. The van der Waals surface area contributed by atoms with E-state index >= 15 is 0 Å². The number of nitrogens with zero attached hydrogens (tertiary/aromatic N) is 3. The number of ether oxygens (including phenoxy) is 2. The van der Waals surface area contributed by atoms with Crippen LogP contribution in [0, 0.1) is 6.92 Å². The molecule has 0 amide bonds. The molecule has 1 aromatic heterocycles. The van der Waals surface area contributed by atoms with Crippen molar-refractivity contribution in [2.75, 3.05) is 14.2 Å². The zero-order chi connectivity index (χ0) is 19.5. The Morgan fingerprint density at radius 3 is 2.50 bits per heavy atom. The minimum absolute atomic E-state index is 0.533. The molecule has 0 spiro atoms. The van der Waals surface area contributed by atoms with Crippen LogP contribution in [-0.4, -0.2) is 35.3 Å². The van der Waals surface area contributed by atoms with Gasteiger partial charge in [0.2, 0.25) is 11.7 Å². The molecule has 0 radical (unpaired) electrons. The first-order valence-corrected chi connectivity index (χ1v) is 9.51. The molecule has 0 aliphatic heterocycles. The molecule has 2 aromatic carbocycles. The summed E-state index contributed by atoms with van der Waals surface area (Å²) in [4.78, 5) is 6.97. The molecule has 0 saturated heterocycles. The van der Waals surface area contributed by atoms with Crippen LogP contribution >= 0.6 is 0 Å². The molecule has 3 aromatic rings. The van der Waals surface area contributed by atoms with Crippen molar-refractivity contribution in [1.82, 2.24) is 15.0 Å². The van der Waals surface area contributed by atoms with E-state index in [4.69, 9.17) is 14.0 Å². The van der Waals surface area contributed by atoms with E-state index in [2.05, 4.69) is 34.1 Å². The lowest BCUT2D eigenvalue weighted by molar-refractivity contribution is 0.207. The summed E-state index contributed by atoms with van der Waals surface area (Å²) in [7, 11) is 3.37. The molecule has 146 valence electrons. The van der Waals surface area contributed by atoms with Gasteiger partial charge in [-0.25, -0.2) is 0 Å². The van der Waals surface area contributed by atoms with Gasteiger partial charge in [-0.1, -0.05) is 35.0 Å². The van der Waals surface area contributed by atoms with Gasteiger partial charge in [0, 0.05) is 23.7 Å². The fourth-order valence-electron chi connectivity index (χ4n) is 3.29. The molecular formula is C22H25N3O3. The van der Waals surface area contributed by atoms with Crippen molar-refractivity contribution in [1.29, 1.82) is 0 Å². The summed E-state index contributed by atoms with van der Waals surface area (Å²) in [6, 6.07) is 14.6. The molecule has 1 aliphatic rings. The van der Waals surface area contributed by atoms with Crippen LogP contribution in [0.25, 0.3) is 11.4 Å². The van der Waals surface area contributed by atoms with Gasteiger partial charge in [-0.2, -0.15) is 4.98 Å². The lowest BCUT2D eigenvalue weighted by Gasteiger charge is -2.21. The Balaban J connectivity index is 1.52. The molecule has 1 fully saturated rings. The number of hydrogen-bond acceptors (Lipinski definition) is 6. The Kier molecular flexibility index (Phi) is 5.30. The number of rotatable bonds is 8. The summed E-state index contributed by atoms with van der Waals surface area (Å²) in [6.45, 7) is 3.42. The van der Waals surface area contributed by atoms with Crippen molar-refractivity contribution in [3.8, 4) is 22.9 Å². The van der Waals surface area contributed by atoms with Gasteiger partial charge < -0.3 is 14.0 Å². The highest BCUT2D eigenvalue weighted by Crippen LogP contribution is 2.33. The van der Waals surface area contributed by atoms with E-state index in [1.54, 1.807) is 14.2 Å². The van der Waals surface area contributed by atoms with Gasteiger partial charge >= 0.3 is 0 Å². The second kappa shape index (κ2) is 8.02. The minimum atomic E-state index is 0.533. The third-order valence-electron chi connectivity index (χ3n) is 5.04. The number of benzene rings is 2. The maximum Gasteiger partial charge on any atom is 0.241 e. The smallest absolute Gasteiger partial charge is 0.241 e. The van der Waals surface area contributed by atoms with E-state index in [0.717, 1.165) is 29.2 Å². The van der Waals surface area contributed by atoms with Crippen LogP contribution in [-0.2, 0) is 13.1 Å². The van der Waals surface area contributed by atoms with Gasteiger partial charge in [0.15, 0.2) is 0 Å². The number of aromatic nitrogens is 2. The summed E-state index contributed by atoms with van der Waals surface area (Å²) in [5, 5.41) is 4.16. The van der Waals surface area contributed by atoms with Crippen LogP contribution in [0.3, 0.4) is 0 Å². The largest absolute Gasteiger partial charge is 0.497 e. The maximum atomic E-state index is 5.54. The van der Waals surface area contributed by atoms with Crippen molar-refractivity contribution in [3.05, 3.63) is 59.5 Å². The molecular weight excluding hydrogens is 354 g/mol. The molecule has 0 atom stereocenters. The van der Waals surface area contributed by atoms with Crippen LogP contribution < -0.4 is 9.47 Å². The van der Waals surface area contributed by atoms with E-state index in [1.165, 1.54) is 18.4 Å². The van der Waals surface area contributed by atoms with Gasteiger partial charge in [-0.15, -0.1) is 0 Å². The van der Waals surface area contributed by atoms with E-state index in [9.17, 15) is 0 Å². The highest BCUT2D eigenvalue weighted by Gasteiger charge is 2.31. The Morgan fingerprint density at radius 1 is 1.04 bits per heavy atom. The van der Waals surface area contributed by atoms with Crippen LogP contribution in [0.2, 0.25) is 0 Å². The van der Waals surface area contributed by atoms with E-state index in [-0.39, 0.29) is 0 Å². The molecule has 1 aliphatic carbocycles. The van der Waals surface area contributed by atoms with Gasteiger partial charge in [-0.05, 0) is 38.0 Å². The Hall–Kier alpha value is -2.86. The highest BCUT2D eigenvalue weighted by molar-refractivity contribution is 5.54. The number of aryl methyl sites for hydroxylation is 1. The predicted molar refractivity (Wildman–Crippen MR) is 106 cm³/mol. The second-order valence-corrected chi connectivity index (χ2v) is 7.19. The molecule has 6 nitrogen and oxygen atoms in total. The van der Waals surface area contributed by atoms with Crippen LogP contribution in [0.1, 0.15) is 29.9 Å². The van der Waals surface area contributed by atoms with Crippen molar-refractivity contribution in [3.63, 3.8) is 0 Å². The average Bonchev–Trinajstić information content (AvgIpc) is 3.47. The molecule has 0 unspecified atom stereocenters. The van der Waals surface area contributed by atoms with Crippen molar-refractivity contribution < 1.29 is 14.0 Å². The van der Waals surface area contributed by atoms with Crippen LogP contribution in [0.5, 0.6) is 11.5 Å². The van der Waals surface area contributed by atoms with Gasteiger partial charge in [0.25, 0.3) is 0 Å². The monoisotopic (exact) mass is 379 g/mol. The van der Waals surface area contributed by atoms with Crippen molar-refractivity contribution >= 4 is 0 Å². The lowest BCUT2D eigenvalue weighted by atomic mass is 10.1. The Morgan fingerprint density at radius 2 is 1.82 bits per heavy atom. The third kappa shape index (κ3) is 4.17. The molecule has 1 saturated carbocycles. The van der Waals surface area contributed by atoms with Crippen molar-refractivity contribution in [2.45, 2.75) is 38.9 Å². The SMILES string of the molecule is COc1ccc(OC)c(CN(Cc2nc(-c3ccc(C)cc3)no2)C2CC2)c1. The third-order valence-corrected chi connectivity index (χ3v) is 5.04. The fourth-order valence-corrected chi connectivity index (χ4v) is 3.29. The normalized spacial score (nSPS) is 13.7. The number of methoxy groups -OCH3 is 2. The summed E-state index contributed by atoms with van der Waals surface area (Å²) < 4.78 is 16.4. The first kappa shape index (κ1) is 18.5. The standard InChI is InChI=1S/C22H25N3O3/c1-15-4-6-16(7-5-15)22-23-21(28-24-22)14-25(18-8-9-18)13-17-12-19(26-2)10-11-20(17)27-3/h4-7,10-12,18H,8-9,13-14H2,1-3H3. The molecule has 28 heavy (non-hydrogen) atoms. The summed E-state index contributed by atoms with van der Waals surface area (Å²) in [5.74, 6) is 2.94. The predicted octanol–water partition coefficient (Wildman–Crippen LogP) is 4.23. The van der Waals surface area contributed by atoms with Crippen LogP contribution in [0.15, 0.2) is 47.0 Å². The van der Waals surface area contributed by atoms with E-state index < -0.39 is 0 Å². The quantitative estimate of drug-likeness (QED) is 0.584. The Labute approximate surface area is 165 Å². The summed E-state index contributed by atoms with van der Waals surface area (Å²) in [5.41, 5.74) is 3.26. The topological polar surface area (TPSA) is 60.6 Å². The average molecular weight is 379 g/mol. The molecule has 6 heteroatoms. The molecule has 4 rings (SSSR count). The molecule has 1 heterocycles. The highest BCUT2D eigenvalue weighted by atomic mass is 16.5. The van der Waals surface area contributed by atoms with Gasteiger partial charge in [-0.3, -0.25) is 4.90 Å². The molecule has 0 N–H and O–H groups in total. The van der Waals surface area contributed by atoms with Gasteiger partial charge in [0.1, 0.15) is 11.5 Å². The van der Waals surface area contributed by atoms with Crippen LogP contribution in [0.4, 0.5) is 0 Å². The first-order valence-electron chi connectivity index (χ1n) is 9.51. The maximum absolute atomic E-state index is 5.54. The van der Waals surface area contributed by atoms with Gasteiger partial charge in [0.05, 0.1) is 20.8 Å². The first-order chi connectivity index (χ1) is 13.7. The summed E-state index contributed by atoms with van der Waals surface area (Å²) in [6.07, 6.45) is 2.37. The zero-order valence-corrected chi connectivity index (χ0v) is 16.5. The Bertz CT molecular complexity index is 932. The zero-order valence-electron chi connectivity index (χ0n) is 16.5. The van der Waals surface area contributed by atoms with Crippen molar-refractivity contribution in [2.24, 2.45) is 0 Å². The van der Waals surface area contributed by atoms with E-state index in [1.807, 2.05) is 30.3 Å². The molecule has 0 bridgehead atoms. The fraction of sp³-hybridized carbons (Fsp3) is 0.364.